The van der Waals surface area contributed by atoms with Gasteiger partial charge in [-0.2, -0.15) is 9.78 Å². The molecule has 0 saturated heterocycles. The van der Waals surface area contributed by atoms with Crippen molar-refractivity contribution in [2.75, 3.05) is 6.61 Å². The lowest BCUT2D eigenvalue weighted by Gasteiger charge is -1.99. The fraction of sp³-hybridized carbons (Fsp3) is 0.333. The van der Waals surface area contributed by atoms with Crippen molar-refractivity contribution in [3.8, 4) is 5.69 Å². The second-order valence-corrected chi connectivity index (χ2v) is 3.95. The first-order valence-electron chi connectivity index (χ1n) is 5.57. The first-order chi connectivity index (χ1) is 8.20. The molecule has 1 heterocycles. The van der Waals surface area contributed by atoms with E-state index in [1.807, 2.05) is 31.2 Å². The Labute approximate surface area is 98.7 Å². The van der Waals surface area contributed by atoms with Gasteiger partial charge in [0.25, 0.3) is 0 Å². The zero-order chi connectivity index (χ0) is 12.3. The molecule has 0 fully saturated rings. The number of aromatic nitrogens is 3. The number of aliphatic hydroxyl groups is 1. The van der Waals surface area contributed by atoms with Gasteiger partial charge in [0.15, 0.2) is 0 Å². The first-order valence-corrected chi connectivity index (χ1v) is 5.57. The summed E-state index contributed by atoms with van der Waals surface area (Å²) in [6.07, 6.45) is 1.17. The summed E-state index contributed by atoms with van der Waals surface area (Å²) in [6, 6.07) is 7.58. The maximum absolute atomic E-state index is 11.7. The average Bonchev–Trinajstić information content (AvgIpc) is 2.69. The van der Waals surface area contributed by atoms with Gasteiger partial charge in [-0.1, -0.05) is 17.7 Å². The predicted octanol–water partition coefficient (Wildman–Crippen LogP) is 0.794. The van der Waals surface area contributed by atoms with Gasteiger partial charge in [0.1, 0.15) is 5.82 Å². The molecule has 90 valence electrons. The first kappa shape index (κ1) is 11.6. The summed E-state index contributed by atoms with van der Waals surface area (Å²) in [5, 5.41) is 12.9. The van der Waals surface area contributed by atoms with Crippen molar-refractivity contribution < 1.29 is 5.11 Å². The lowest BCUT2D eigenvalue weighted by atomic mass is 10.2. The summed E-state index contributed by atoms with van der Waals surface area (Å²) in [7, 11) is 0. The summed E-state index contributed by atoms with van der Waals surface area (Å²) in [4.78, 5) is 14.3. The summed E-state index contributed by atoms with van der Waals surface area (Å²) in [6.45, 7) is 2.09. The summed E-state index contributed by atoms with van der Waals surface area (Å²) < 4.78 is 1.34. The van der Waals surface area contributed by atoms with E-state index in [2.05, 4.69) is 10.1 Å². The average molecular weight is 233 g/mol. The molecular formula is C12H15N3O2. The number of rotatable bonds is 4. The maximum Gasteiger partial charge on any atom is 0.348 e. The van der Waals surface area contributed by atoms with E-state index in [1.165, 1.54) is 4.68 Å². The van der Waals surface area contributed by atoms with Gasteiger partial charge in [-0.3, -0.25) is 4.98 Å². The minimum absolute atomic E-state index is 0.0966. The molecule has 1 aromatic carbocycles. The number of aromatic amines is 1. The normalized spacial score (nSPS) is 10.7. The van der Waals surface area contributed by atoms with Crippen LogP contribution in [0.2, 0.25) is 0 Å². The van der Waals surface area contributed by atoms with E-state index in [-0.39, 0.29) is 12.3 Å². The number of nitrogens with one attached hydrogen (secondary N) is 1. The number of benzene rings is 1. The van der Waals surface area contributed by atoms with Crippen molar-refractivity contribution in [1.82, 2.24) is 14.8 Å². The van der Waals surface area contributed by atoms with Crippen LogP contribution in [0, 0.1) is 6.92 Å². The summed E-state index contributed by atoms with van der Waals surface area (Å²) in [5.41, 5.74) is 1.63. The molecule has 17 heavy (non-hydrogen) atoms. The van der Waals surface area contributed by atoms with E-state index in [1.54, 1.807) is 0 Å². The second kappa shape index (κ2) is 4.97. The number of aryl methyl sites for hydroxylation is 2. The quantitative estimate of drug-likeness (QED) is 0.820. The number of aliphatic hydroxyl groups excluding tert-OH is 1. The van der Waals surface area contributed by atoms with Crippen LogP contribution in [0.3, 0.4) is 0 Å². The molecule has 0 saturated carbocycles. The van der Waals surface area contributed by atoms with Crippen molar-refractivity contribution in [2.24, 2.45) is 0 Å². The highest BCUT2D eigenvalue weighted by atomic mass is 16.3. The van der Waals surface area contributed by atoms with Gasteiger partial charge in [0.05, 0.1) is 5.69 Å². The van der Waals surface area contributed by atoms with Crippen LogP contribution in [0.15, 0.2) is 29.1 Å². The molecule has 5 nitrogen and oxygen atoms in total. The Bertz CT molecular complexity index is 540. The van der Waals surface area contributed by atoms with Gasteiger partial charge in [0, 0.05) is 13.0 Å². The smallest absolute Gasteiger partial charge is 0.348 e. The van der Waals surface area contributed by atoms with Crippen LogP contribution in [-0.4, -0.2) is 26.5 Å². The van der Waals surface area contributed by atoms with Crippen molar-refractivity contribution in [2.45, 2.75) is 19.8 Å². The van der Waals surface area contributed by atoms with Crippen molar-refractivity contribution in [3.63, 3.8) is 0 Å². The molecule has 1 aromatic heterocycles. The van der Waals surface area contributed by atoms with E-state index < -0.39 is 0 Å². The molecule has 0 aliphatic heterocycles. The van der Waals surface area contributed by atoms with Crippen LogP contribution in [0.5, 0.6) is 0 Å². The fourth-order valence-corrected chi connectivity index (χ4v) is 1.59. The SMILES string of the molecule is Cc1ccc(-n2nc(CCCO)[nH]c2=O)cc1. The number of H-pyrrole nitrogens is 1. The lowest BCUT2D eigenvalue weighted by molar-refractivity contribution is 0.287. The molecule has 0 bridgehead atoms. The standard InChI is InChI=1S/C12H15N3O2/c1-9-4-6-10(7-5-9)15-12(17)13-11(14-15)3-2-8-16/h4-7,16H,2-3,8H2,1H3,(H,13,14,17). The summed E-state index contributed by atoms with van der Waals surface area (Å²) >= 11 is 0. The Kier molecular flexibility index (Phi) is 3.39. The van der Waals surface area contributed by atoms with Crippen LogP contribution < -0.4 is 5.69 Å². The van der Waals surface area contributed by atoms with E-state index in [9.17, 15) is 4.79 Å². The second-order valence-electron chi connectivity index (χ2n) is 3.95. The van der Waals surface area contributed by atoms with E-state index in [0.717, 1.165) is 11.3 Å². The topological polar surface area (TPSA) is 70.9 Å². The maximum atomic E-state index is 11.7. The Balaban J connectivity index is 2.29. The molecule has 0 unspecified atom stereocenters. The van der Waals surface area contributed by atoms with Crippen LogP contribution >= 0.6 is 0 Å². The van der Waals surface area contributed by atoms with Crippen LogP contribution in [0.25, 0.3) is 5.69 Å². The van der Waals surface area contributed by atoms with E-state index >= 15 is 0 Å². The third kappa shape index (κ3) is 2.62. The van der Waals surface area contributed by atoms with Gasteiger partial charge in [-0.15, -0.1) is 0 Å². The molecule has 5 heteroatoms. The van der Waals surface area contributed by atoms with E-state index in [0.29, 0.717) is 18.7 Å². The van der Waals surface area contributed by atoms with Gasteiger partial charge < -0.3 is 5.11 Å². The molecule has 2 N–H and O–H groups in total. The lowest BCUT2D eigenvalue weighted by Crippen LogP contribution is -2.15. The molecular weight excluding hydrogens is 218 g/mol. The zero-order valence-electron chi connectivity index (χ0n) is 9.68. The van der Waals surface area contributed by atoms with Crippen molar-refractivity contribution in [1.29, 1.82) is 0 Å². The monoisotopic (exact) mass is 233 g/mol. The third-order valence-electron chi connectivity index (χ3n) is 2.51. The van der Waals surface area contributed by atoms with E-state index in [4.69, 9.17) is 5.11 Å². The van der Waals surface area contributed by atoms with Gasteiger partial charge in [0.2, 0.25) is 0 Å². The van der Waals surface area contributed by atoms with Gasteiger partial charge in [-0.25, -0.2) is 4.79 Å². The molecule has 0 aliphatic carbocycles. The minimum Gasteiger partial charge on any atom is -0.396 e. The molecule has 0 atom stereocenters. The zero-order valence-corrected chi connectivity index (χ0v) is 9.68. The Morgan fingerprint density at radius 3 is 2.71 bits per heavy atom. The molecule has 0 amide bonds. The Hall–Kier alpha value is -1.88. The Morgan fingerprint density at radius 2 is 2.06 bits per heavy atom. The molecule has 2 rings (SSSR count). The summed E-state index contributed by atoms with van der Waals surface area (Å²) in [5.74, 6) is 0.602. The Morgan fingerprint density at radius 1 is 1.35 bits per heavy atom. The fourth-order valence-electron chi connectivity index (χ4n) is 1.59. The van der Waals surface area contributed by atoms with Crippen LogP contribution in [-0.2, 0) is 6.42 Å². The highest BCUT2D eigenvalue weighted by Crippen LogP contribution is 2.06. The number of hydrogen-bond donors (Lipinski definition) is 2. The molecule has 0 aliphatic rings. The van der Waals surface area contributed by atoms with Crippen LogP contribution in [0.1, 0.15) is 17.8 Å². The van der Waals surface area contributed by atoms with Crippen molar-refractivity contribution >= 4 is 0 Å². The molecule has 2 aromatic rings. The third-order valence-corrected chi connectivity index (χ3v) is 2.51. The largest absolute Gasteiger partial charge is 0.396 e. The van der Waals surface area contributed by atoms with Gasteiger partial charge >= 0.3 is 5.69 Å². The molecule has 0 radical (unpaired) electrons. The number of nitrogens with zero attached hydrogens (tertiary/aromatic N) is 2. The van der Waals surface area contributed by atoms with Crippen molar-refractivity contribution in [3.05, 3.63) is 46.1 Å². The highest BCUT2D eigenvalue weighted by molar-refractivity contribution is 5.32. The van der Waals surface area contributed by atoms with Crippen LogP contribution in [0.4, 0.5) is 0 Å². The minimum atomic E-state index is -0.248. The highest BCUT2D eigenvalue weighted by Gasteiger charge is 2.06. The van der Waals surface area contributed by atoms with Gasteiger partial charge in [-0.05, 0) is 25.5 Å². The molecule has 0 spiro atoms. The number of hydrogen-bond acceptors (Lipinski definition) is 3. The predicted molar refractivity (Wildman–Crippen MR) is 64.3 cm³/mol.